The molecule has 0 spiro atoms. The molecule has 1 aliphatic rings. The first kappa shape index (κ1) is 13.3. The molecule has 0 bridgehead atoms. The van der Waals surface area contributed by atoms with Gasteiger partial charge < -0.3 is 0 Å². The third kappa shape index (κ3) is 3.34. The Hall–Kier alpha value is 0.217. The minimum Gasteiger partial charge on any atom is -0.0657 e. The highest BCUT2D eigenvalue weighted by atomic mass is 28.3. The normalized spacial score (nSPS) is 25.4. The molecule has 0 saturated carbocycles. The number of hydrogen-bond acceptors (Lipinski definition) is 0. The lowest BCUT2D eigenvalue weighted by Gasteiger charge is -2.43. The van der Waals surface area contributed by atoms with Gasteiger partial charge in [0.05, 0.1) is 8.07 Å². The van der Waals surface area contributed by atoms with Crippen LogP contribution < -0.4 is 0 Å². The van der Waals surface area contributed by atoms with Crippen LogP contribution >= 0.6 is 0 Å². The summed E-state index contributed by atoms with van der Waals surface area (Å²) in [6, 6.07) is 4.93. The average molecular weight is 226 g/mol. The molecular weight excluding hydrogens is 196 g/mol. The molecule has 1 unspecified atom stereocenters. The monoisotopic (exact) mass is 226 g/mol. The van der Waals surface area contributed by atoms with Gasteiger partial charge in [0.2, 0.25) is 0 Å². The van der Waals surface area contributed by atoms with Gasteiger partial charge in [0.1, 0.15) is 0 Å². The Morgan fingerprint density at radius 1 is 0.933 bits per heavy atom. The molecule has 0 aromatic heterocycles. The van der Waals surface area contributed by atoms with Crippen molar-refractivity contribution >= 4 is 8.07 Å². The Morgan fingerprint density at radius 2 is 1.60 bits per heavy atom. The minimum atomic E-state index is -0.833. The highest BCUT2D eigenvalue weighted by Crippen LogP contribution is 2.46. The van der Waals surface area contributed by atoms with Crippen molar-refractivity contribution in [2.45, 2.75) is 89.4 Å². The van der Waals surface area contributed by atoms with Crippen LogP contribution in [0.4, 0.5) is 0 Å². The first-order valence-electron chi connectivity index (χ1n) is 7.29. The first-order valence-corrected chi connectivity index (χ1v) is 9.99. The van der Waals surface area contributed by atoms with Crippen LogP contribution in [0, 0.1) is 0 Å². The zero-order valence-electron chi connectivity index (χ0n) is 11.1. The van der Waals surface area contributed by atoms with Gasteiger partial charge in [-0.25, -0.2) is 0 Å². The van der Waals surface area contributed by atoms with E-state index in [1.54, 1.807) is 37.4 Å². The molecule has 0 amide bonds. The van der Waals surface area contributed by atoms with Gasteiger partial charge in [-0.2, -0.15) is 0 Å². The van der Waals surface area contributed by atoms with Crippen molar-refractivity contribution < 1.29 is 0 Å². The summed E-state index contributed by atoms with van der Waals surface area (Å²) < 4.78 is 0. The standard InChI is InChI=1S/C14H30Si/c1-4-9-14-10-7-8-13-15(14,11-5-2)12-6-3/h14H,4-13H2,1-3H3. The Morgan fingerprint density at radius 3 is 2.13 bits per heavy atom. The van der Waals surface area contributed by atoms with Gasteiger partial charge >= 0.3 is 0 Å². The fourth-order valence-electron chi connectivity index (χ4n) is 3.96. The van der Waals surface area contributed by atoms with Crippen LogP contribution in [0.5, 0.6) is 0 Å². The van der Waals surface area contributed by atoms with Gasteiger partial charge in [-0.15, -0.1) is 0 Å². The molecule has 0 N–H and O–H groups in total. The predicted molar refractivity (Wildman–Crippen MR) is 73.3 cm³/mol. The second-order valence-corrected chi connectivity index (χ2v) is 10.6. The second kappa shape index (κ2) is 6.73. The van der Waals surface area contributed by atoms with Gasteiger partial charge in [-0.1, -0.05) is 83.8 Å². The summed E-state index contributed by atoms with van der Waals surface area (Å²) in [5.41, 5.74) is 1.19. The van der Waals surface area contributed by atoms with Crippen LogP contribution in [0.15, 0.2) is 0 Å². The summed E-state index contributed by atoms with van der Waals surface area (Å²) in [4.78, 5) is 0. The molecule has 1 heteroatoms. The van der Waals surface area contributed by atoms with E-state index >= 15 is 0 Å². The van der Waals surface area contributed by atoms with Gasteiger partial charge in [0.25, 0.3) is 0 Å². The third-order valence-corrected chi connectivity index (χ3v) is 11.1. The summed E-state index contributed by atoms with van der Waals surface area (Å²) in [5.74, 6) is 0. The minimum absolute atomic E-state index is 0.833. The molecule has 1 saturated heterocycles. The van der Waals surface area contributed by atoms with E-state index in [-0.39, 0.29) is 0 Å². The van der Waals surface area contributed by atoms with Gasteiger partial charge in [-0.3, -0.25) is 0 Å². The summed E-state index contributed by atoms with van der Waals surface area (Å²) in [6.07, 6.45) is 10.6. The van der Waals surface area contributed by atoms with Crippen molar-refractivity contribution in [3.63, 3.8) is 0 Å². The average Bonchev–Trinajstić information content (AvgIpc) is 2.23. The Kier molecular flexibility index (Phi) is 5.96. The SMILES string of the molecule is CCCC1CCCC[Si]1(CCC)CCC. The molecule has 15 heavy (non-hydrogen) atoms. The summed E-state index contributed by atoms with van der Waals surface area (Å²) >= 11 is 0. The van der Waals surface area contributed by atoms with E-state index in [9.17, 15) is 0 Å². The lowest BCUT2D eigenvalue weighted by molar-refractivity contribution is 0.556. The molecule has 0 aliphatic carbocycles. The highest BCUT2D eigenvalue weighted by molar-refractivity contribution is 6.81. The van der Waals surface area contributed by atoms with E-state index in [1.807, 2.05) is 0 Å². The van der Waals surface area contributed by atoms with Crippen molar-refractivity contribution in [3.05, 3.63) is 0 Å². The largest absolute Gasteiger partial charge is 0.0657 e. The van der Waals surface area contributed by atoms with E-state index in [0.717, 1.165) is 0 Å². The number of rotatable bonds is 6. The fraction of sp³-hybridized carbons (Fsp3) is 1.00. The molecule has 1 atom stereocenters. The van der Waals surface area contributed by atoms with Crippen LogP contribution in [0.3, 0.4) is 0 Å². The fourth-order valence-corrected chi connectivity index (χ4v) is 10.6. The van der Waals surface area contributed by atoms with E-state index in [0.29, 0.717) is 0 Å². The van der Waals surface area contributed by atoms with Crippen LogP contribution in [0.1, 0.15) is 65.7 Å². The lowest BCUT2D eigenvalue weighted by atomic mass is 10.1. The second-order valence-electron chi connectivity index (χ2n) is 5.59. The zero-order valence-corrected chi connectivity index (χ0v) is 12.1. The van der Waals surface area contributed by atoms with Crippen LogP contribution in [-0.2, 0) is 0 Å². The molecule has 90 valence electrons. The lowest BCUT2D eigenvalue weighted by Crippen LogP contribution is -2.41. The molecule has 1 aliphatic heterocycles. The van der Waals surface area contributed by atoms with Crippen LogP contribution in [0.2, 0.25) is 23.7 Å². The van der Waals surface area contributed by atoms with Crippen molar-refractivity contribution in [2.75, 3.05) is 0 Å². The Bertz CT molecular complexity index is 151. The zero-order chi connectivity index (χ0) is 11.1. The van der Waals surface area contributed by atoms with Crippen molar-refractivity contribution in [3.8, 4) is 0 Å². The summed E-state index contributed by atoms with van der Waals surface area (Å²) in [7, 11) is -0.833. The summed E-state index contributed by atoms with van der Waals surface area (Å²) in [6.45, 7) is 7.19. The first-order chi connectivity index (χ1) is 7.29. The smallest absolute Gasteiger partial charge is 0.0566 e. The van der Waals surface area contributed by atoms with E-state index < -0.39 is 8.07 Å². The van der Waals surface area contributed by atoms with Crippen LogP contribution in [-0.4, -0.2) is 8.07 Å². The Balaban J connectivity index is 2.68. The molecule has 0 aromatic rings. The van der Waals surface area contributed by atoms with Gasteiger partial charge in [0.15, 0.2) is 0 Å². The van der Waals surface area contributed by atoms with E-state index in [4.69, 9.17) is 0 Å². The number of hydrogen-bond donors (Lipinski definition) is 0. The molecule has 0 aromatic carbocycles. The molecule has 1 rings (SSSR count). The molecular formula is C14H30Si. The quantitative estimate of drug-likeness (QED) is 0.516. The maximum Gasteiger partial charge on any atom is 0.0566 e. The predicted octanol–water partition coefficient (Wildman–Crippen LogP) is 5.61. The topological polar surface area (TPSA) is 0 Å². The maximum absolute atomic E-state index is 2.40. The van der Waals surface area contributed by atoms with E-state index in [1.165, 1.54) is 31.2 Å². The maximum atomic E-state index is 2.40. The molecule has 0 radical (unpaired) electrons. The van der Waals surface area contributed by atoms with Gasteiger partial charge in [0, 0.05) is 0 Å². The van der Waals surface area contributed by atoms with Crippen molar-refractivity contribution in [1.82, 2.24) is 0 Å². The Labute approximate surface area is 97.9 Å². The van der Waals surface area contributed by atoms with Gasteiger partial charge in [-0.05, 0) is 5.54 Å². The summed E-state index contributed by atoms with van der Waals surface area (Å²) in [5, 5.41) is 0. The third-order valence-electron chi connectivity index (χ3n) is 4.48. The molecule has 1 fully saturated rings. The molecule has 0 nitrogen and oxygen atoms in total. The highest BCUT2D eigenvalue weighted by Gasteiger charge is 2.40. The van der Waals surface area contributed by atoms with Crippen molar-refractivity contribution in [1.29, 1.82) is 0 Å². The van der Waals surface area contributed by atoms with Crippen molar-refractivity contribution in [2.24, 2.45) is 0 Å². The van der Waals surface area contributed by atoms with Crippen LogP contribution in [0.25, 0.3) is 0 Å². The van der Waals surface area contributed by atoms with E-state index in [2.05, 4.69) is 20.8 Å². The molecule has 1 heterocycles.